The van der Waals surface area contributed by atoms with Crippen LogP contribution in [-0.4, -0.2) is 212 Å². The number of hydrogen-bond acceptors (Lipinski definition) is 24. The first kappa shape index (κ1) is 109. The maximum absolute atomic E-state index is 16.1. The third-order valence-electron chi connectivity index (χ3n) is 32.7. The van der Waals surface area contributed by atoms with Crippen LogP contribution in [0.25, 0.3) is 33.1 Å². The van der Waals surface area contributed by atoms with E-state index in [0.717, 1.165) is 122 Å². The molecule has 20 atom stereocenters. The molecule has 142 heavy (non-hydrogen) atoms. The minimum Gasteiger partial charge on any atom is -0.540 e. The Labute approximate surface area is 864 Å². The van der Waals surface area contributed by atoms with Crippen molar-refractivity contribution in [2.45, 2.75) is 336 Å². The number of rotatable bonds is 9. The Morgan fingerprint density at radius 2 is 0.697 bits per heavy atom. The van der Waals surface area contributed by atoms with Gasteiger partial charge in [-0.15, -0.1) is 0 Å². The molecule has 7 aliphatic carbocycles. The maximum Gasteiger partial charge on any atom is 0.408 e. The summed E-state index contributed by atoms with van der Waals surface area (Å²) in [5.41, 5.74) is -1.40. The Morgan fingerprint density at radius 1 is 0.366 bits per heavy atom. The predicted octanol–water partition coefficient (Wildman–Crippen LogP) is 18.1. The molecule has 6 bridgehead atoms. The van der Waals surface area contributed by atoms with Crippen molar-refractivity contribution in [1.29, 1.82) is 0 Å². The van der Waals surface area contributed by atoms with Gasteiger partial charge >= 0.3 is 18.3 Å². The molecule has 30 nitrogen and oxygen atoms in total. The summed E-state index contributed by atoms with van der Waals surface area (Å²) in [5.74, 6) is -11.9. The monoisotopic (exact) mass is 2090 g/mol. The summed E-state index contributed by atoms with van der Waals surface area (Å²) in [7, 11) is 4.50. The van der Waals surface area contributed by atoms with Gasteiger partial charge in [0.2, 0.25) is 35.4 Å². The van der Waals surface area contributed by atoms with Crippen molar-refractivity contribution >= 4 is 88.0 Å². The van der Waals surface area contributed by atoms with Crippen LogP contribution in [-0.2, 0) is 116 Å². The minimum absolute atomic E-state index is 0. The number of ether oxygens (including phenoxy) is 9. The van der Waals surface area contributed by atoms with E-state index in [2.05, 4.69) is 45.9 Å². The molecule has 0 spiro atoms. The largest absolute Gasteiger partial charge is 0.540 e. The number of carbonyl (C=O) groups is 6. The van der Waals surface area contributed by atoms with Crippen molar-refractivity contribution in [2.24, 2.45) is 65.1 Å². The summed E-state index contributed by atoms with van der Waals surface area (Å²) in [6.45, 7) is 8.73. The van der Waals surface area contributed by atoms with Crippen LogP contribution in [0.2, 0.25) is 0 Å². The number of amides is 6. The van der Waals surface area contributed by atoms with Crippen LogP contribution in [0.5, 0.6) is 34.9 Å². The number of nitrogens with zero attached hydrogens (tertiary/aromatic N) is 9. The summed E-state index contributed by atoms with van der Waals surface area (Å²) < 4.78 is 149. The van der Waals surface area contributed by atoms with Crippen molar-refractivity contribution in [3.8, 4) is 34.9 Å². The number of alkyl halides is 6. The molecule has 6 amide bonds. The average Bonchev–Trinajstić information content (AvgIpc) is 1.56. The second-order valence-corrected chi connectivity index (χ2v) is 41.7. The standard InChI is InChI=1S/C35H43F2N4O6.C35H45F2N4O6.C33H41F2N4O6.3V.3H2/c1-19-27(18-42)41-17-29(19)46-32-31(38-25-12-11-22(45-2)16-26(25)39-32)35(36,37)13-7-6-10-23-24-14-21(24)15-28(23)47-34(44)40-30(33(41)43)20-8-4-3-5-9-20;1-21-27(20-42)41-19-28(21)46-31-30(38-25-15-14-24(45-3)18-26(25)39-31)35(36,37)17-8-7-12-23-13-9-16-34(23,2)47-33(44)40-29(32(41)43)22-10-5-4-6-11-22;1-19-25(18-40)39-17-26(19)44-29-28(36-23-13-12-22(43-3)15-24(23)37-29)33(34,35)14-8-7-11-21-16-32(21,2)45-31(42)38-27(30(39)41)20-9-5-4-6-10-20;;;;;;/h11-12,16,19-21,23-24,27-30H,3-10,13-15,17H2,1-2H3,(H,40,44);14-15,18,21-23,27-29H,4-13,16-17,19H2,1-3H3,(H,40,44);12-13,15,19-21,25-27H,4-11,14,16-17H2,1-3H3,(H,38,42);;;;3*1H/q3*-1;;;;;;/t19-,21?,23+,24?,27+,28+,29-,30-;21-,23+,27+,28-,29-,34+;19-,21+,25+,26-,27-,32+;;;;;;/m000....../s1. The summed E-state index contributed by atoms with van der Waals surface area (Å²) in [6.07, 6.45) is 22.1. The zero-order valence-corrected chi connectivity index (χ0v) is 85.9. The molecule has 6 aromatic rings. The van der Waals surface area contributed by atoms with Crippen LogP contribution in [0.1, 0.15) is 268 Å². The first-order valence-corrected chi connectivity index (χ1v) is 50.4. The molecule has 10 fully saturated rings. The molecule has 9 heterocycles. The smallest absolute Gasteiger partial charge is 0.408 e. The molecule has 39 heteroatoms. The van der Waals surface area contributed by atoms with Crippen LogP contribution in [0.3, 0.4) is 0 Å². The third-order valence-corrected chi connectivity index (χ3v) is 32.7. The maximum atomic E-state index is 16.1. The van der Waals surface area contributed by atoms with E-state index in [1.807, 2.05) is 32.7 Å². The first-order chi connectivity index (χ1) is 66.7. The van der Waals surface area contributed by atoms with Gasteiger partial charge in [0.1, 0.15) is 71.0 Å². The van der Waals surface area contributed by atoms with Gasteiger partial charge in [0, 0.05) is 103 Å². The van der Waals surface area contributed by atoms with Crippen molar-refractivity contribution in [3.63, 3.8) is 0 Å². The van der Waals surface area contributed by atoms with Gasteiger partial charge in [-0.1, -0.05) is 116 Å². The van der Waals surface area contributed by atoms with Gasteiger partial charge in [0.05, 0.1) is 74.1 Å². The van der Waals surface area contributed by atoms with E-state index in [1.54, 1.807) is 75.4 Å². The van der Waals surface area contributed by atoms with E-state index in [0.29, 0.717) is 97.0 Å². The number of hydrogen-bond donors (Lipinski definition) is 3. The molecule has 3 aromatic heterocycles. The molecule has 19 rings (SSSR count). The fourth-order valence-electron chi connectivity index (χ4n) is 24.1. The molecule has 7 saturated carbocycles. The number of nitrogens with one attached hydrogen (secondary N) is 3. The third kappa shape index (κ3) is 23.7. The summed E-state index contributed by atoms with van der Waals surface area (Å²) in [5, 5.41) is 8.71. The number of methoxy groups -OCH3 is 3. The summed E-state index contributed by atoms with van der Waals surface area (Å²) in [4.78, 5) is 151. The average molecular weight is 2100 g/mol. The molecule has 3 radical (unpaired) electrons. The molecular weight excluding hydrogens is 1960 g/mol. The van der Waals surface area contributed by atoms with Crippen LogP contribution in [0.15, 0.2) is 54.6 Å². The number of aromatic nitrogens is 6. The normalized spacial score (nSPS) is 32.5. The van der Waals surface area contributed by atoms with Crippen molar-refractivity contribution < 1.29 is 172 Å². The zero-order valence-electron chi connectivity index (χ0n) is 81.8. The number of carbonyl (C=O) groups excluding carboxylic acids is 9. The zero-order chi connectivity index (χ0) is 98.1. The summed E-state index contributed by atoms with van der Waals surface area (Å²) in [6, 6.07) is 8.77. The van der Waals surface area contributed by atoms with Gasteiger partial charge in [-0.25, -0.2) is 63.1 Å². The van der Waals surface area contributed by atoms with Gasteiger partial charge < -0.3 is 87.7 Å². The molecule has 6 aliphatic heterocycles. The topological polar surface area (TPSA) is 360 Å². The Hall–Kier alpha value is -8.96. The molecule has 3 N–H and O–H groups in total. The molecule has 3 saturated heterocycles. The summed E-state index contributed by atoms with van der Waals surface area (Å²) >= 11 is 0. The Morgan fingerprint density at radius 3 is 1.06 bits per heavy atom. The second-order valence-electron chi connectivity index (χ2n) is 41.7. The van der Waals surface area contributed by atoms with Crippen LogP contribution < -0.4 is 44.4 Å². The number of fused-ring (bicyclic) bond motifs is 17. The molecule has 2 unspecified atom stereocenters. The Kier molecular flexibility index (Phi) is 35.2. The van der Waals surface area contributed by atoms with E-state index in [-0.39, 0.29) is 175 Å². The molecule has 3 aromatic carbocycles. The van der Waals surface area contributed by atoms with Crippen molar-refractivity contribution in [3.05, 3.63) is 71.7 Å². The fourth-order valence-corrected chi connectivity index (χ4v) is 24.1. The fraction of sp³-hybridized carbons (Fsp3) is 0.680. The first-order valence-electron chi connectivity index (χ1n) is 50.4. The van der Waals surface area contributed by atoms with Crippen LogP contribution in [0, 0.1) is 65.1 Å². The van der Waals surface area contributed by atoms with E-state index in [9.17, 15) is 43.2 Å². The molecular formula is C103H135F6N12O18V3-3. The van der Waals surface area contributed by atoms with E-state index in [1.165, 1.54) is 36.0 Å². The number of benzene rings is 3. The molecule has 13 aliphatic rings. The quantitative estimate of drug-likeness (QED) is 0.0687. The van der Waals surface area contributed by atoms with E-state index < -0.39 is 174 Å². The minimum atomic E-state index is -3.36. The van der Waals surface area contributed by atoms with Gasteiger partial charge in [0.25, 0.3) is 17.8 Å². The van der Waals surface area contributed by atoms with Crippen molar-refractivity contribution in [1.82, 2.24) is 60.6 Å². The predicted molar refractivity (Wildman–Crippen MR) is 502 cm³/mol. The SMILES string of the molecule is COc1ccc2nc3c(nc2c1)O[C@H]1CN(C(=O)[C@H](C2CCCCC2)NC(=O)O[C@@H]2CC4CC4[C@H]2CCCCC3(F)F)[C@H]([C-]=O)[C@@H]1C.COc1ccc2nc3c(nc2c1)O[C@H]1CN(C(=O)[C@H](C2CCCCC2)NC(=O)O[C@]2(C)CCC[C@H]2CCCCC3(F)F)[C@H]([C-]=O)[C@@H]1C.COc1ccc2nc3c(nc2c1)O[C@H]1CN(C(=O)[C@H](C2CCCCC2)NC(=O)O[C@]2(C)C[C@H]2CCCCC3(F)F)[C@H]([C-]=O)[C@@H]1C.[HH].[HH].[HH].[V].[V].[V]. The Balaban J connectivity index is 0.000000203. The number of alkyl carbamates (subject to hydrolysis) is 3. The van der Waals surface area contributed by atoms with Gasteiger partial charge in [-0.2, -0.15) is 26.3 Å². The van der Waals surface area contributed by atoms with Crippen LogP contribution >= 0.6 is 0 Å². The Bertz CT molecular complexity index is 5430. The second kappa shape index (κ2) is 46.0. The van der Waals surface area contributed by atoms with E-state index >= 15 is 26.3 Å². The number of halogens is 6. The molecule has 775 valence electrons. The van der Waals surface area contributed by atoms with Crippen LogP contribution in [0.4, 0.5) is 40.7 Å². The van der Waals surface area contributed by atoms with Crippen molar-refractivity contribution in [2.75, 3.05) is 41.0 Å². The van der Waals surface area contributed by atoms with Gasteiger partial charge in [0.15, 0.2) is 17.1 Å². The van der Waals surface area contributed by atoms with E-state index in [4.69, 9.17) is 42.6 Å². The van der Waals surface area contributed by atoms with Gasteiger partial charge in [-0.3, -0.25) is 14.4 Å². The van der Waals surface area contributed by atoms with Gasteiger partial charge in [-0.05, 0) is 225 Å².